The Bertz CT molecular complexity index is 399. The van der Waals surface area contributed by atoms with Crippen molar-refractivity contribution in [3.8, 4) is 0 Å². The van der Waals surface area contributed by atoms with Gasteiger partial charge in [0.1, 0.15) is 0 Å². The lowest BCUT2D eigenvalue weighted by atomic mass is 9.89. The third kappa shape index (κ3) is 3.17. The van der Waals surface area contributed by atoms with Crippen molar-refractivity contribution in [3.63, 3.8) is 0 Å². The van der Waals surface area contributed by atoms with E-state index in [0.717, 1.165) is 5.69 Å². The molecule has 1 amide bonds. The highest BCUT2D eigenvalue weighted by Crippen LogP contribution is 2.24. The highest BCUT2D eigenvalue weighted by Gasteiger charge is 2.33. The van der Waals surface area contributed by atoms with Crippen molar-refractivity contribution in [2.75, 3.05) is 25.5 Å². The molecule has 1 aromatic rings. The number of nitrogens with one attached hydrogen (secondary N) is 1. The predicted molar refractivity (Wildman–Crippen MR) is 64.3 cm³/mol. The maximum atomic E-state index is 11.7. The minimum Gasteiger partial charge on any atom is -0.397 e. The molecule has 1 aromatic heterocycles. The maximum absolute atomic E-state index is 11.7. The largest absolute Gasteiger partial charge is 0.397 e. The molecular formula is C12H17N3O2. The number of hydrogen-bond donors (Lipinski definition) is 2. The molecule has 0 saturated carbocycles. The van der Waals surface area contributed by atoms with Crippen LogP contribution in [0, 0.1) is 5.41 Å². The van der Waals surface area contributed by atoms with Crippen LogP contribution in [0.5, 0.6) is 0 Å². The van der Waals surface area contributed by atoms with E-state index in [1.54, 1.807) is 18.3 Å². The smallest absolute Gasteiger partial charge is 0.226 e. The molecule has 0 unspecified atom stereocenters. The topological polar surface area (TPSA) is 77.2 Å². The quantitative estimate of drug-likeness (QED) is 0.790. The first kappa shape index (κ1) is 11.9. The Labute approximate surface area is 100 Å². The average molecular weight is 235 g/mol. The molecular weight excluding hydrogens is 218 g/mol. The molecule has 0 radical (unpaired) electrons. The molecule has 1 aliphatic rings. The van der Waals surface area contributed by atoms with Gasteiger partial charge in [0.15, 0.2) is 0 Å². The molecule has 2 rings (SSSR count). The molecule has 5 nitrogen and oxygen atoms in total. The van der Waals surface area contributed by atoms with E-state index in [0.29, 0.717) is 25.4 Å². The number of anilines is 1. The van der Waals surface area contributed by atoms with Crippen LogP contribution in [0.3, 0.4) is 0 Å². The molecule has 5 heteroatoms. The molecule has 0 atom stereocenters. The molecule has 0 aromatic carbocycles. The number of nitrogens with zero attached hydrogens (tertiary/aromatic N) is 1. The van der Waals surface area contributed by atoms with Crippen LogP contribution in [0.4, 0.5) is 5.69 Å². The number of amides is 1. The summed E-state index contributed by atoms with van der Waals surface area (Å²) in [5, 5.41) is 2.90. The van der Waals surface area contributed by atoms with Crippen molar-refractivity contribution < 1.29 is 9.53 Å². The van der Waals surface area contributed by atoms with E-state index in [2.05, 4.69) is 17.2 Å². The van der Waals surface area contributed by atoms with Gasteiger partial charge in [0.2, 0.25) is 5.91 Å². The second kappa shape index (κ2) is 4.71. The van der Waals surface area contributed by atoms with Gasteiger partial charge in [-0.05, 0) is 12.1 Å². The second-order valence-electron chi connectivity index (χ2n) is 4.84. The third-order valence-electron chi connectivity index (χ3n) is 2.80. The fourth-order valence-corrected chi connectivity index (χ4v) is 1.63. The molecule has 0 spiro atoms. The van der Waals surface area contributed by atoms with E-state index < -0.39 is 0 Å². The van der Waals surface area contributed by atoms with Crippen LogP contribution < -0.4 is 11.1 Å². The van der Waals surface area contributed by atoms with Gasteiger partial charge in [0.05, 0.1) is 31.5 Å². The summed E-state index contributed by atoms with van der Waals surface area (Å²) < 4.78 is 5.12. The van der Waals surface area contributed by atoms with Crippen molar-refractivity contribution in [1.29, 1.82) is 0 Å². The van der Waals surface area contributed by atoms with E-state index in [9.17, 15) is 4.79 Å². The highest BCUT2D eigenvalue weighted by atomic mass is 16.5. The Hall–Kier alpha value is -1.62. The van der Waals surface area contributed by atoms with Crippen LogP contribution in [0.25, 0.3) is 0 Å². The zero-order valence-electron chi connectivity index (χ0n) is 9.90. The number of nitrogen functional groups attached to an aromatic ring is 1. The predicted octanol–water partition coefficient (Wildman–Crippen LogP) is 0.359. The monoisotopic (exact) mass is 235 g/mol. The summed E-state index contributed by atoms with van der Waals surface area (Å²) in [5.74, 6) is -0.0182. The van der Waals surface area contributed by atoms with Crippen LogP contribution in [0.1, 0.15) is 12.6 Å². The van der Waals surface area contributed by atoms with Crippen molar-refractivity contribution in [2.45, 2.75) is 13.3 Å². The van der Waals surface area contributed by atoms with Gasteiger partial charge in [-0.15, -0.1) is 0 Å². The Morgan fingerprint density at radius 1 is 1.59 bits per heavy atom. The van der Waals surface area contributed by atoms with Gasteiger partial charge >= 0.3 is 0 Å². The molecule has 3 N–H and O–H groups in total. The Morgan fingerprint density at radius 3 is 2.88 bits per heavy atom. The van der Waals surface area contributed by atoms with Gasteiger partial charge in [0, 0.05) is 17.7 Å². The summed E-state index contributed by atoms with van der Waals surface area (Å²) in [6, 6.07) is 3.51. The summed E-state index contributed by atoms with van der Waals surface area (Å²) in [6.45, 7) is 4.18. The average Bonchev–Trinajstić information content (AvgIpc) is 2.27. The van der Waals surface area contributed by atoms with Gasteiger partial charge in [-0.1, -0.05) is 6.92 Å². The second-order valence-corrected chi connectivity index (χ2v) is 4.84. The summed E-state index contributed by atoms with van der Waals surface area (Å²) in [5.41, 5.74) is 6.96. The molecule has 1 aliphatic heterocycles. The van der Waals surface area contributed by atoms with Crippen LogP contribution in [-0.4, -0.2) is 30.6 Å². The Balaban J connectivity index is 1.79. The van der Waals surface area contributed by atoms with Crippen molar-refractivity contribution in [2.24, 2.45) is 5.41 Å². The van der Waals surface area contributed by atoms with E-state index in [4.69, 9.17) is 10.5 Å². The number of hydrogen-bond acceptors (Lipinski definition) is 4. The Morgan fingerprint density at radius 2 is 2.35 bits per heavy atom. The Kier molecular flexibility index (Phi) is 3.28. The fourth-order valence-electron chi connectivity index (χ4n) is 1.63. The lowest BCUT2D eigenvalue weighted by Crippen LogP contribution is -2.48. The molecule has 1 fully saturated rings. The van der Waals surface area contributed by atoms with E-state index in [1.807, 2.05) is 0 Å². The first-order valence-corrected chi connectivity index (χ1v) is 5.62. The number of carbonyl (C=O) groups is 1. The van der Waals surface area contributed by atoms with E-state index in [1.165, 1.54) is 0 Å². The number of aromatic nitrogens is 1. The third-order valence-corrected chi connectivity index (χ3v) is 2.80. The minimum absolute atomic E-state index is 0.0182. The van der Waals surface area contributed by atoms with E-state index in [-0.39, 0.29) is 17.7 Å². The zero-order chi connectivity index (χ0) is 12.3. The minimum atomic E-state index is -0.0182. The van der Waals surface area contributed by atoms with Crippen LogP contribution in [0.15, 0.2) is 18.3 Å². The maximum Gasteiger partial charge on any atom is 0.226 e. The van der Waals surface area contributed by atoms with Crippen LogP contribution in [0.2, 0.25) is 0 Å². The lowest BCUT2D eigenvalue weighted by Gasteiger charge is -2.38. The van der Waals surface area contributed by atoms with Gasteiger partial charge < -0.3 is 15.8 Å². The van der Waals surface area contributed by atoms with Gasteiger partial charge in [0.25, 0.3) is 0 Å². The van der Waals surface area contributed by atoms with Crippen LogP contribution in [-0.2, 0) is 16.0 Å². The van der Waals surface area contributed by atoms with Gasteiger partial charge in [-0.2, -0.15) is 0 Å². The molecule has 0 aliphatic carbocycles. The number of carbonyl (C=O) groups excluding carboxylic acids is 1. The molecule has 0 bridgehead atoms. The van der Waals surface area contributed by atoms with Crippen molar-refractivity contribution in [1.82, 2.24) is 10.3 Å². The molecule has 1 saturated heterocycles. The summed E-state index contributed by atoms with van der Waals surface area (Å²) in [6.07, 6.45) is 1.85. The molecule has 2 heterocycles. The van der Waals surface area contributed by atoms with E-state index >= 15 is 0 Å². The number of ether oxygens (including phenoxy) is 1. The fraction of sp³-hybridized carbons (Fsp3) is 0.500. The zero-order valence-corrected chi connectivity index (χ0v) is 9.90. The molecule has 17 heavy (non-hydrogen) atoms. The highest BCUT2D eigenvalue weighted by molar-refractivity contribution is 5.78. The lowest BCUT2D eigenvalue weighted by molar-refractivity contribution is -0.126. The molecule has 92 valence electrons. The van der Waals surface area contributed by atoms with Crippen LogP contribution >= 0.6 is 0 Å². The van der Waals surface area contributed by atoms with Crippen molar-refractivity contribution in [3.05, 3.63) is 24.0 Å². The number of rotatable bonds is 4. The number of nitrogens with two attached hydrogens (primary N) is 1. The summed E-state index contributed by atoms with van der Waals surface area (Å²) in [7, 11) is 0. The first-order valence-electron chi connectivity index (χ1n) is 5.62. The van der Waals surface area contributed by atoms with Gasteiger partial charge in [-0.3, -0.25) is 9.78 Å². The standard InChI is InChI=1S/C12H17N3O2/c1-12(7-17-8-12)6-15-11(16)4-10-3-2-9(13)5-14-10/h2-3,5H,4,6-8,13H2,1H3,(H,15,16). The SMILES string of the molecule is CC1(CNC(=O)Cc2ccc(N)cn2)COC1. The van der Waals surface area contributed by atoms with Crippen molar-refractivity contribution >= 4 is 11.6 Å². The first-order chi connectivity index (χ1) is 8.07. The summed E-state index contributed by atoms with van der Waals surface area (Å²) in [4.78, 5) is 15.7. The van der Waals surface area contributed by atoms with Gasteiger partial charge in [-0.25, -0.2) is 0 Å². The summed E-state index contributed by atoms with van der Waals surface area (Å²) >= 11 is 0. The number of pyridine rings is 1. The normalized spacial score (nSPS) is 17.2.